The summed E-state index contributed by atoms with van der Waals surface area (Å²) in [5, 5.41) is 11.6. The van der Waals surface area contributed by atoms with Gasteiger partial charge in [0, 0.05) is 16.8 Å². The second-order valence-corrected chi connectivity index (χ2v) is 7.26. The Hall–Kier alpha value is -3.32. The zero-order valence-corrected chi connectivity index (χ0v) is 16.2. The number of anilines is 2. The number of rotatable bonds is 4. The van der Waals surface area contributed by atoms with Gasteiger partial charge in [-0.2, -0.15) is 0 Å². The van der Waals surface area contributed by atoms with E-state index in [9.17, 15) is 9.18 Å². The third-order valence-corrected chi connectivity index (χ3v) is 5.11. The lowest BCUT2D eigenvalue weighted by Gasteiger charge is -2.30. The van der Waals surface area contributed by atoms with Crippen LogP contribution in [0.25, 0.3) is 11.3 Å². The van der Waals surface area contributed by atoms with Gasteiger partial charge >= 0.3 is 0 Å². The predicted octanol–water partition coefficient (Wildman–Crippen LogP) is 1.87. The molecule has 6 nitrogen and oxygen atoms in total. The van der Waals surface area contributed by atoms with Crippen molar-refractivity contribution in [2.24, 2.45) is 0 Å². The van der Waals surface area contributed by atoms with Crippen molar-refractivity contribution < 1.29 is 14.1 Å². The van der Waals surface area contributed by atoms with Gasteiger partial charge in [-0.05, 0) is 48.5 Å². The van der Waals surface area contributed by atoms with E-state index in [4.69, 9.17) is 0 Å². The minimum atomic E-state index is -0.372. The number of piperazine rings is 1. The number of halogens is 1. The van der Waals surface area contributed by atoms with Crippen LogP contribution in [0.3, 0.4) is 0 Å². The van der Waals surface area contributed by atoms with Crippen LogP contribution in [0.15, 0.2) is 60.7 Å². The average Bonchev–Trinajstić information content (AvgIpc) is 2.75. The van der Waals surface area contributed by atoms with Crippen LogP contribution >= 0.6 is 0 Å². The molecule has 0 aliphatic carbocycles. The number of quaternary nitrogens is 1. The molecule has 3 aromatic rings. The molecule has 0 bridgehead atoms. The van der Waals surface area contributed by atoms with Gasteiger partial charge in [-0.25, -0.2) is 4.39 Å². The van der Waals surface area contributed by atoms with Crippen LogP contribution in [0.2, 0.25) is 0 Å². The highest BCUT2D eigenvalue weighted by Crippen LogP contribution is 2.22. The van der Waals surface area contributed by atoms with Crippen LogP contribution in [0.1, 0.15) is 10.4 Å². The fraction of sp³-hybridized carbons (Fsp3) is 0.227. The molecule has 7 heteroatoms. The summed E-state index contributed by atoms with van der Waals surface area (Å²) < 4.78 is 13.0. The maximum atomic E-state index is 13.0. The number of hydrogen-bond acceptors (Lipinski definition) is 4. The minimum Gasteiger partial charge on any atom is -0.344 e. The van der Waals surface area contributed by atoms with E-state index in [-0.39, 0.29) is 11.7 Å². The molecule has 0 atom stereocenters. The maximum absolute atomic E-state index is 13.0. The lowest BCUT2D eigenvalue weighted by molar-refractivity contribution is -0.880. The van der Waals surface area contributed by atoms with Gasteiger partial charge in [0.15, 0.2) is 5.82 Å². The molecule has 2 N–H and O–H groups in total. The van der Waals surface area contributed by atoms with Crippen molar-refractivity contribution in [2.75, 3.05) is 43.4 Å². The van der Waals surface area contributed by atoms with Crippen LogP contribution in [0.5, 0.6) is 0 Å². The fourth-order valence-corrected chi connectivity index (χ4v) is 3.33. The smallest absolute Gasteiger partial charge is 0.255 e. The first-order valence-corrected chi connectivity index (χ1v) is 9.66. The van der Waals surface area contributed by atoms with Gasteiger partial charge < -0.3 is 15.1 Å². The monoisotopic (exact) mass is 392 g/mol. The molecule has 4 rings (SSSR count). The van der Waals surface area contributed by atoms with E-state index < -0.39 is 0 Å². The van der Waals surface area contributed by atoms with Crippen LogP contribution < -0.4 is 15.1 Å². The second-order valence-electron chi connectivity index (χ2n) is 7.26. The first-order chi connectivity index (χ1) is 14.1. The third-order valence-electron chi connectivity index (χ3n) is 5.11. The van der Waals surface area contributed by atoms with Crippen LogP contribution in [0, 0.1) is 5.82 Å². The molecule has 0 radical (unpaired) electrons. The molecule has 29 heavy (non-hydrogen) atoms. The highest BCUT2D eigenvalue weighted by Gasteiger charge is 2.18. The number of hydrogen-bond donors (Lipinski definition) is 2. The topological polar surface area (TPSA) is 62.6 Å². The van der Waals surface area contributed by atoms with Crippen LogP contribution in [-0.2, 0) is 0 Å². The first-order valence-electron chi connectivity index (χ1n) is 9.66. The summed E-state index contributed by atoms with van der Waals surface area (Å²) in [4.78, 5) is 16.1. The Balaban J connectivity index is 1.47. The van der Waals surface area contributed by atoms with Gasteiger partial charge in [-0.1, -0.05) is 12.1 Å². The minimum absolute atomic E-state index is 0.291. The summed E-state index contributed by atoms with van der Waals surface area (Å²) in [6, 6.07) is 16.8. The van der Waals surface area contributed by atoms with E-state index >= 15 is 0 Å². The summed E-state index contributed by atoms with van der Waals surface area (Å²) in [6.07, 6.45) is 0. The average molecular weight is 392 g/mol. The quantitative estimate of drug-likeness (QED) is 0.712. The van der Waals surface area contributed by atoms with E-state index in [1.807, 2.05) is 30.3 Å². The Morgan fingerprint density at radius 1 is 1.03 bits per heavy atom. The molecular formula is C22H23FN5O+. The normalized spacial score (nSPS) is 14.6. The Bertz CT molecular complexity index is 983. The molecule has 0 saturated carbocycles. The maximum Gasteiger partial charge on any atom is 0.255 e. The number of carbonyl (C=O) groups is 1. The largest absolute Gasteiger partial charge is 0.344 e. The standard InChI is InChI=1S/C22H22FN5O/c1-27-11-13-28(14-12-27)21-10-9-20(25-26-21)17-3-2-4-19(15-17)24-22(29)16-5-7-18(23)8-6-16/h2-10,15H,11-14H2,1H3,(H,24,29)/p+1. The van der Waals surface area contributed by atoms with Gasteiger partial charge in [0.05, 0.1) is 38.9 Å². The fourth-order valence-electron chi connectivity index (χ4n) is 3.33. The molecule has 2 heterocycles. The Morgan fingerprint density at radius 3 is 2.48 bits per heavy atom. The number of amides is 1. The number of nitrogens with one attached hydrogen (secondary N) is 2. The summed E-state index contributed by atoms with van der Waals surface area (Å²) in [7, 11) is 2.20. The molecule has 0 unspecified atom stereocenters. The zero-order chi connectivity index (χ0) is 20.2. The lowest BCUT2D eigenvalue weighted by Crippen LogP contribution is -3.12. The Kier molecular flexibility index (Phi) is 5.48. The van der Waals surface area contributed by atoms with Crippen molar-refractivity contribution in [3.8, 4) is 11.3 Å². The molecule has 148 valence electrons. The summed E-state index contributed by atoms with van der Waals surface area (Å²) >= 11 is 0. The van der Waals surface area contributed by atoms with E-state index in [1.165, 1.54) is 29.2 Å². The molecule has 1 aliphatic heterocycles. The van der Waals surface area contributed by atoms with Crippen molar-refractivity contribution in [1.82, 2.24) is 10.2 Å². The molecule has 1 amide bonds. The van der Waals surface area contributed by atoms with E-state index in [1.54, 1.807) is 6.07 Å². The first kappa shape index (κ1) is 19.0. The van der Waals surface area contributed by atoms with Gasteiger partial charge in [0.25, 0.3) is 5.91 Å². The number of benzene rings is 2. The number of aromatic nitrogens is 2. The molecule has 0 spiro atoms. The predicted molar refractivity (Wildman–Crippen MR) is 111 cm³/mol. The van der Waals surface area contributed by atoms with Crippen LogP contribution in [0.4, 0.5) is 15.9 Å². The zero-order valence-electron chi connectivity index (χ0n) is 16.2. The molecule has 1 saturated heterocycles. The molecule has 1 aliphatic rings. The molecule has 1 aromatic heterocycles. The van der Waals surface area contributed by atoms with Crippen LogP contribution in [-0.4, -0.2) is 49.3 Å². The number of carbonyl (C=O) groups excluding carboxylic acids is 1. The van der Waals surface area contributed by atoms with Crippen molar-refractivity contribution in [3.63, 3.8) is 0 Å². The Labute approximate surface area is 169 Å². The summed E-state index contributed by atoms with van der Waals surface area (Å²) in [5.41, 5.74) is 2.65. The SMILES string of the molecule is C[NH+]1CCN(c2ccc(-c3cccc(NC(=O)c4ccc(F)cc4)c3)nn2)CC1. The van der Waals surface area contributed by atoms with E-state index in [2.05, 4.69) is 27.5 Å². The van der Waals surface area contributed by atoms with E-state index in [0.717, 1.165) is 43.3 Å². The number of likely N-dealkylation sites (N-methyl/N-ethyl adjacent to an activating group) is 1. The third kappa shape index (κ3) is 4.57. The number of nitrogens with zero attached hydrogens (tertiary/aromatic N) is 3. The van der Waals surface area contributed by atoms with Crippen molar-refractivity contribution in [1.29, 1.82) is 0 Å². The second kappa shape index (κ2) is 8.36. The van der Waals surface area contributed by atoms with Gasteiger partial charge in [0.2, 0.25) is 0 Å². The molecule has 1 fully saturated rings. The highest BCUT2D eigenvalue weighted by atomic mass is 19.1. The van der Waals surface area contributed by atoms with Crippen molar-refractivity contribution in [3.05, 3.63) is 72.0 Å². The lowest BCUT2D eigenvalue weighted by atomic mass is 10.1. The molecular weight excluding hydrogens is 369 g/mol. The van der Waals surface area contributed by atoms with Gasteiger partial charge in [-0.15, -0.1) is 10.2 Å². The molecule has 2 aromatic carbocycles. The Morgan fingerprint density at radius 2 is 1.79 bits per heavy atom. The van der Waals surface area contributed by atoms with E-state index in [0.29, 0.717) is 11.3 Å². The summed E-state index contributed by atoms with van der Waals surface area (Å²) in [5.74, 6) is 0.228. The van der Waals surface area contributed by atoms with Gasteiger partial charge in [-0.3, -0.25) is 4.79 Å². The van der Waals surface area contributed by atoms with Crippen molar-refractivity contribution in [2.45, 2.75) is 0 Å². The highest BCUT2D eigenvalue weighted by molar-refractivity contribution is 6.04. The van der Waals surface area contributed by atoms with Gasteiger partial charge in [0.1, 0.15) is 5.82 Å². The summed E-state index contributed by atoms with van der Waals surface area (Å²) in [6.45, 7) is 4.15. The van der Waals surface area contributed by atoms with Crippen molar-refractivity contribution >= 4 is 17.4 Å².